The van der Waals surface area contributed by atoms with Gasteiger partial charge in [0.1, 0.15) is 0 Å². The van der Waals surface area contributed by atoms with Crippen LogP contribution in [0.1, 0.15) is 10.6 Å². The number of rotatable bonds is 3. The molecule has 0 atom stereocenters. The lowest BCUT2D eigenvalue weighted by Gasteiger charge is -2.03. The number of benzene rings is 1. The van der Waals surface area contributed by atoms with Gasteiger partial charge in [-0.15, -0.1) is 5.10 Å². The molecule has 1 aromatic carbocycles. The van der Waals surface area contributed by atoms with Crippen LogP contribution in [0.25, 0.3) is 11.4 Å². The van der Waals surface area contributed by atoms with Gasteiger partial charge in [-0.1, -0.05) is 30.3 Å². The molecule has 3 aromatic rings. The van der Waals surface area contributed by atoms with Crippen molar-refractivity contribution in [2.24, 2.45) is 0 Å². The third-order valence-corrected chi connectivity index (χ3v) is 2.66. The van der Waals surface area contributed by atoms with Crippen molar-refractivity contribution in [3.05, 3.63) is 48.5 Å². The van der Waals surface area contributed by atoms with E-state index in [1.165, 1.54) is 12.4 Å². The lowest BCUT2D eigenvalue weighted by Crippen LogP contribution is -2.14. The third-order valence-electron chi connectivity index (χ3n) is 2.66. The second-order valence-electron chi connectivity index (χ2n) is 4.16. The van der Waals surface area contributed by atoms with Gasteiger partial charge >= 0.3 is 0 Å². The second-order valence-corrected chi connectivity index (χ2v) is 4.16. The van der Waals surface area contributed by atoms with Crippen LogP contribution < -0.4 is 11.1 Å². The number of aromatic nitrogens is 5. The maximum atomic E-state index is 11.8. The summed E-state index contributed by atoms with van der Waals surface area (Å²) in [4.78, 5) is 24.0. The highest BCUT2D eigenvalue weighted by atomic mass is 16.2. The Labute approximate surface area is 119 Å². The van der Waals surface area contributed by atoms with Gasteiger partial charge < -0.3 is 11.1 Å². The van der Waals surface area contributed by atoms with E-state index in [2.05, 4.69) is 30.5 Å². The molecule has 0 saturated carbocycles. The minimum atomic E-state index is -0.463. The van der Waals surface area contributed by atoms with Crippen LogP contribution >= 0.6 is 0 Å². The normalized spacial score (nSPS) is 10.3. The van der Waals surface area contributed by atoms with E-state index < -0.39 is 5.91 Å². The fraction of sp³-hybridized carbons (Fsp3) is 0. The van der Waals surface area contributed by atoms with Crippen LogP contribution in [0.2, 0.25) is 0 Å². The largest absolute Gasteiger partial charge is 0.366 e. The van der Waals surface area contributed by atoms with Crippen molar-refractivity contribution < 1.29 is 4.79 Å². The smallest absolute Gasteiger partial charge is 0.293 e. The number of nitrogens with one attached hydrogen (secondary N) is 2. The SMILES string of the molecule is Nc1n[nH]c(C(=O)Nc2cnc(-c3ccccc3)nc2)n1. The zero-order valence-electron chi connectivity index (χ0n) is 10.8. The van der Waals surface area contributed by atoms with Gasteiger partial charge in [-0.25, -0.2) is 9.97 Å². The molecule has 8 nitrogen and oxygen atoms in total. The number of carbonyl (C=O) groups is 1. The first-order valence-corrected chi connectivity index (χ1v) is 6.09. The van der Waals surface area contributed by atoms with Gasteiger partial charge in [0.15, 0.2) is 5.82 Å². The highest BCUT2D eigenvalue weighted by molar-refractivity contribution is 6.01. The molecule has 0 radical (unpaired) electrons. The van der Waals surface area contributed by atoms with Crippen LogP contribution in [0.4, 0.5) is 11.6 Å². The first-order valence-electron chi connectivity index (χ1n) is 6.09. The van der Waals surface area contributed by atoms with E-state index in [-0.39, 0.29) is 11.8 Å². The molecule has 4 N–H and O–H groups in total. The predicted molar refractivity (Wildman–Crippen MR) is 76.2 cm³/mol. The van der Waals surface area contributed by atoms with E-state index in [1.54, 1.807) is 0 Å². The van der Waals surface area contributed by atoms with Crippen molar-refractivity contribution in [2.45, 2.75) is 0 Å². The van der Waals surface area contributed by atoms with Gasteiger partial charge in [-0.3, -0.25) is 9.89 Å². The highest BCUT2D eigenvalue weighted by Crippen LogP contribution is 2.15. The molecule has 0 bridgehead atoms. The number of anilines is 2. The summed E-state index contributed by atoms with van der Waals surface area (Å²) in [7, 11) is 0. The Hall–Kier alpha value is -3.29. The molecule has 1 amide bonds. The van der Waals surface area contributed by atoms with E-state index in [9.17, 15) is 4.79 Å². The van der Waals surface area contributed by atoms with E-state index in [4.69, 9.17) is 5.73 Å². The molecule has 3 rings (SSSR count). The fourth-order valence-electron chi connectivity index (χ4n) is 1.70. The Morgan fingerprint density at radius 1 is 1.14 bits per heavy atom. The molecule has 0 aliphatic heterocycles. The van der Waals surface area contributed by atoms with Gasteiger partial charge in [-0.2, -0.15) is 4.98 Å². The summed E-state index contributed by atoms with van der Waals surface area (Å²) < 4.78 is 0. The number of nitrogens with zero attached hydrogens (tertiary/aromatic N) is 4. The standard InChI is InChI=1S/C13H11N7O/c14-13-18-11(19-20-13)12(21)17-9-6-15-10(16-7-9)8-4-2-1-3-5-8/h1-7H,(H,17,21)(H3,14,18,19,20). The number of aromatic amines is 1. The topological polar surface area (TPSA) is 122 Å². The Morgan fingerprint density at radius 3 is 2.48 bits per heavy atom. The number of hydrogen-bond donors (Lipinski definition) is 3. The van der Waals surface area contributed by atoms with E-state index in [1.807, 2.05) is 30.3 Å². The molecular weight excluding hydrogens is 270 g/mol. The van der Waals surface area contributed by atoms with Crippen LogP contribution in [0.15, 0.2) is 42.7 Å². The number of H-pyrrole nitrogens is 1. The molecule has 0 unspecified atom stereocenters. The van der Waals surface area contributed by atoms with Crippen molar-refractivity contribution in [1.29, 1.82) is 0 Å². The summed E-state index contributed by atoms with van der Waals surface area (Å²) in [5, 5.41) is 8.60. The molecule has 8 heteroatoms. The van der Waals surface area contributed by atoms with E-state index in [0.717, 1.165) is 5.56 Å². The van der Waals surface area contributed by atoms with Crippen LogP contribution in [-0.4, -0.2) is 31.1 Å². The molecule has 0 spiro atoms. The highest BCUT2D eigenvalue weighted by Gasteiger charge is 2.11. The van der Waals surface area contributed by atoms with Crippen molar-refractivity contribution in [3.8, 4) is 11.4 Å². The summed E-state index contributed by atoms with van der Waals surface area (Å²) in [5.74, 6) is 0.156. The monoisotopic (exact) mass is 281 g/mol. The Morgan fingerprint density at radius 2 is 1.86 bits per heavy atom. The minimum absolute atomic E-state index is 0.0100. The average molecular weight is 281 g/mol. The van der Waals surface area contributed by atoms with Gasteiger partial charge in [0.25, 0.3) is 5.91 Å². The Kier molecular flexibility index (Phi) is 3.26. The molecule has 2 aromatic heterocycles. The number of hydrogen-bond acceptors (Lipinski definition) is 6. The van der Waals surface area contributed by atoms with E-state index >= 15 is 0 Å². The van der Waals surface area contributed by atoms with Crippen molar-refractivity contribution in [2.75, 3.05) is 11.1 Å². The van der Waals surface area contributed by atoms with Crippen molar-refractivity contribution >= 4 is 17.5 Å². The lowest BCUT2D eigenvalue weighted by atomic mass is 10.2. The second kappa shape index (κ2) is 5.37. The van der Waals surface area contributed by atoms with Gasteiger partial charge in [0.05, 0.1) is 18.1 Å². The molecule has 0 fully saturated rings. The summed E-state index contributed by atoms with van der Waals surface area (Å²) >= 11 is 0. The molecule has 104 valence electrons. The van der Waals surface area contributed by atoms with Crippen LogP contribution in [-0.2, 0) is 0 Å². The van der Waals surface area contributed by atoms with E-state index in [0.29, 0.717) is 11.5 Å². The number of nitrogens with two attached hydrogens (primary N) is 1. The first kappa shape index (κ1) is 12.7. The average Bonchev–Trinajstić information content (AvgIpc) is 2.96. The third kappa shape index (κ3) is 2.84. The first-order chi connectivity index (χ1) is 10.2. The number of carbonyl (C=O) groups excluding carboxylic acids is 1. The molecular formula is C13H11N7O. The Bertz CT molecular complexity index is 752. The van der Waals surface area contributed by atoms with Crippen molar-refractivity contribution in [1.82, 2.24) is 25.1 Å². The van der Waals surface area contributed by atoms with Gasteiger partial charge in [0.2, 0.25) is 11.8 Å². The zero-order chi connectivity index (χ0) is 14.7. The number of amides is 1. The molecule has 21 heavy (non-hydrogen) atoms. The zero-order valence-corrected chi connectivity index (χ0v) is 10.8. The minimum Gasteiger partial charge on any atom is -0.366 e. The van der Waals surface area contributed by atoms with Crippen molar-refractivity contribution in [3.63, 3.8) is 0 Å². The van der Waals surface area contributed by atoms with Gasteiger partial charge in [-0.05, 0) is 0 Å². The molecule has 0 aliphatic rings. The van der Waals surface area contributed by atoms with Crippen LogP contribution in [0.5, 0.6) is 0 Å². The summed E-state index contributed by atoms with van der Waals surface area (Å²) in [5.41, 5.74) is 6.69. The summed E-state index contributed by atoms with van der Waals surface area (Å²) in [6.45, 7) is 0. The molecule has 2 heterocycles. The van der Waals surface area contributed by atoms with Crippen LogP contribution in [0.3, 0.4) is 0 Å². The quantitative estimate of drug-likeness (QED) is 0.660. The molecule has 0 saturated heterocycles. The van der Waals surface area contributed by atoms with Gasteiger partial charge in [0, 0.05) is 5.56 Å². The lowest BCUT2D eigenvalue weighted by molar-refractivity contribution is 0.101. The predicted octanol–water partition coefficient (Wildman–Crippen LogP) is 1.10. The Balaban J connectivity index is 1.74. The summed E-state index contributed by atoms with van der Waals surface area (Å²) in [6.07, 6.45) is 3.04. The van der Waals surface area contributed by atoms with Crippen LogP contribution in [0, 0.1) is 0 Å². The fourth-order valence-corrected chi connectivity index (χ4v) is 1.70. The maximum absolute atomic E-state index is 11.8. The molecule has 0 aliphatic carbocycles. The maximum Gasteiger partial charge on any atom is 0.293 e. The number of nitrogen functional groups attached to an aromatic ring is 1. The summed E-state index contributed by atoms with van der Waals surface area (Å²) in [6, 6.07) is 9.54.